The molecule has 1 N–H and O–H groups in total. The van der Waals surface area contributed by atoms with Crippen LogP contribution in [0.1, 0.15) is 24.0 Å². The van der Waals surface area contributed by atoms with Crippen LogP contribution in [0, 0.1) is 0 Å². The van der Waals surface area contributed by atoms with E-state index in [1.54, 1.807) is 0 Å². The molecule has 0 atom stereocenters. The topological polar surface area (TPSA) is 81.2 Å². The molecule has 1 aliphatic rings. The van der Waals surface area contributed by atoms with E-state index in [9.17, 15) is 8.42 Å². The highest BCUT2D eigenvalue weighted by atomic mass is 32.2. The minimum atomic E-state index is -3.12. The minimum absolute atomic E-state index is 0.125. The molecule has 0 aromatic carbocycles. The van der Waals surface area contributed by atoms with Gasteiger partial charge >= 0.3 is 0 Å². The fourth-order valence-electron chi connectivity index (χ4n) is 1.90. The van der Waals surface area contributed by atoms with Gasteiger partial charge < -0.3 is 10.1 Å². The first-order chi connectivity index (χ1) is 8.49. The van der Waals surface area contributed by atoms with Crippen LogP contribution in [0.25, 0.3) is 0 Å². The lowest BCUT2D eigenvalue weighted by molar-refractivity contribution is 0.109. The van der Waals surface area contributed by atoms with Crippen molar-refractivity contribution in [2.75, 3.05) is 24.7 Å². The molecule has 1 aromatic heterocycles. The highest BCUT2D eigenvalue weighted by molar-refractivity contribution is 7.89. The zero-order valence-electron chi connectivity index (χ0n) is 10.6. The molecule has 7 heteroatoms. The number of hydrogen-bond donors (Lipinski definition) is 1. The average molecular weight is 271 g/mol. The Kier molecular flexibility index (Phi) is 3.82. The summed E-state index contributed by atoms with van der Waals surface area (Å²) < 4.78 is 28.0. The number of hydrogen-bond acceptors (Lipinski definition) is 6. The third kappa shape index (κ3) is 3.17. The maximum Gasteiger partial charge on any atom is 0.154 e. The van der Waals surface area contributed by atoms with Crippen LogP contribution in [-0.2, 0) is 33.4 Å². The Balaban J connectivity index is 2.41. The van der Waals surface area contributed by atoms with Crippen LogP contribution in [0.5, 0.6) is 0 Å². The number of fused-ring (bicyclic) bond motifs is 1. The Morgan fingerprint density at radius 3 is 2.83 bits per heavy atom. The highest BCUT2D eigenvalue weighted by Gasteiger charge is 2.19. The molecule has 0 saturated heterocycles. The molecule has 0 bridgehead atoms. The van der Waals surface area contributed by atoms with Gasteiger partial charge in [-0.1, -0.05) is 0 Å². The zero-order valence-corrected chi connectivity index (χ0v) is 11.4. The molecular weight excluding hydrogens is 254 g/mol. The number of sulfone groups is 1. The van der Waals surface area contributed by atoms with Gasteiger partial charge in [0.15, 0.2) is 9.84 Å². The van der Waals surface area contributed by atoms with Gasteiger partial charge in [-0.2, -0.15) is 0 Å². The molecular formula is C11H17N3O3S. The number of rotatable bonds is 4. The molecule has 1 aromatic rings. The van der Waals surface area contributed by atoms with Crippen molar-refractivity contribution >= 4 is 15.7 Å². The van der Waals surface area contributed by atoms with Crippen molar-refractivity contribution in [2.24, 2.45) is 0 Å². The summed E-state index contributed by atoms with van der Waals surface area (Å²) in [5.74, 6) is 0.925. The molecule has 2 rings (SSSR count). The number of nitrogens with one attached hydrogen (secondary N) is 1. The molecule has 0 saturated carbocycles. The van der Waals surface area contributed by atoms with Gasteiger partial charge in [0.1, 0.15) is 17.4 Å². The fraction of sp³-hybridized carbons (Fsp3) is 0.636. The average Bonchev–Trinajstić information content (AvgIpc) is 2.27. The van der Waals surface area contributed by atoms with E-state index in [1.165, 1.54) is 6.26 Å². The fourth-order valence-corrected chi connectivity index (χ4v) is 2.49. The molecule has 2 heterocycles. The van der Waals surface area contributed by atoms with Crippen LogP contribution in [0.4, 0.5) is 5.82 Å². The standard InChI is InChI=1S/C11H17N3O3S/c1-3-12-11-8-6-17-5-4-9(8)13-10(14-11)7-18(2,15)16/h3-7H2,1-2H3,(H,12,13,14). The SMILES string of the molecule is CCNc1nc(CS(C)(=O)=O)nc2c1COCC2. The molecule has 18 heavy (non-hydrogen) atoms. The molecule has 0 fully saturated rings. The summed E-state index contributed by atoms with van der Waals surface area (Å²) in [5, 5.41) is 3.14. The molecule has 6 nitrogen and oxygen atoms in total. The van der Waals surface area contributed by atoms with E-state index in [0.717, 1.165) is 17.8 Å². The van der Waals surface area contributed by atoms with Gasteiger partial charge in [0.2, 0.25) is 0 Å². The van der Waals surface area contributed by atoms with Crippen LogP contribution in [0.15, 0.2) is 0 Å². The van der Waals surface area contributed by atoms with Crippen LogP contribution < -0.4 is 5.32 Å². The van der Waals surface area contributed by atoms with Crippen molar-refractivity contribution in [3.8, 4) is 0 Å². The van der Waals surface area contributed by atoms with Gasteiger partial charge in [-0.3, -0.25) is 0 Å². The Hall–Kier alpha value is -1.21. The Labute approximate surface area is 107 Å². The van der Waals surface area contributed by atoms with E-state index in [0.29, 0.717) is 31.3 Å². The molecule has 1 aliphatic heterocycles. The summed E-state index contributed by atoms with van der Waals surface area (Å²) in [4.78, 5) is 8.61. The van der Waals surface area contributed by atoms with Gasteiger partial charge in [0.25, 0.3) is 0 Å². The second-order valence-corrected chi connectivity index (χ2v) is 6.46. The summed E-state index contributed by atoms with van der Waals surface area (Å²) in [7, 11) is -3.12. The normalized spacial score (nSPS) is 15.2. The van der Waals surface area contributed by atoms with Crippen molar-refractivity contribution in [1.29, 1.82) is 0 Å². The molecule has 0 amide bonds. The number of anilines is 1. The molecule has 0 radical (unpaired) electrons. The van der Waals surface area contributed by atoms with Crippen molar-refractivity contribution in [3.05, 3.63) is 17.1 Å². The molecule has 0 spiro atoms. The van der Waals surface area contributed by atoms with Gasteiger partial charge in [-0.05, 0) is 6.92 Å². The van der Waals surface area contributed by atoms with E-state index in [1.807, 2.05) is 6.92 Å². The first-order valence-corrected chi connectivity index (χ1v) is 7.93. The van der Waals surface area contributed by atoms with E-state index < -0.39 is 9.84 Å². The maximum absolute atomic E-state index is 11.3. The quantitative estimate of drug-likeness (QED) is 0.860. The summed E-state index contributed by atoms with van der Waals surface area (Å²) in [6.07, 6.45) is 1.89. The van der Waals surface area contributed by atoms with E-state index in [-0.39, 0.29) is 5.75 Å². The van der Waals surface area contributed by atoms with Crippen LogP contribution in [-0.4, -0.2) is 37.8 Å². The summed E-state index contributed by atoms with van der Waals surface area (Å²) in [6.45, 7) is 3.79. The third-order valence-corrected chi connectivity index (χ3v) is 3.39. The van der Waals surface area contributed by atoms with Crippen molar-refractivity contribution in [1.82, 2.24) is 9.97 Å². The summed E-state index contributed by atoms with van der Waals surface area (Å²) in [6, 6.07) is 0. The predicted octanol–water partition coefficient (Wildman–Crippen LogP) is 0.526. The summed E-state index contributed by atoms with van der Waals surface area (Å²) in [5.41, 5.74) is 1.84. The second kappa shape index (κ2) is 5.19. The molecule has 0 unspecified atom stereocenters. The maximum atomic E-state index is 11.3. The number of nitrogens with zero attached hydrogens (tertiary/aromatic N) is 2. The lowest BCUT2D eigenvalue weighted by Crippen LogP contribution is -2.19. The van der Waals surface area contributed by atoms with Crippen LogP contribution >= 0.6 is 0 Å². The molecule has 100 valence electrons. The van der Waals surface area contributed by atoms with Crippen LogP contribution in [0.3, 0.4) is 0 Å². The Morgan fingerprint density at radius 1 is 1.39 bits per heavy atom. The van der Waals surface area contributed by atoms with Gasteiger partial charge in [-0.25, -0.2) is 18.4 Å². The third-order valence-electron chi connectivity index (χ3n) is 2.60. The van der Waals surface area contributed by atoms with E-state index in [4.69, 9.17) is 4.74 Å². The van der Waals surface area contributed by atoms with Gasteiger partial charge in [0.05, 0.1) is 18.9 Å². The lowest BCUT2D eigenvalue weighted by Gasteiger charge is -2.19. The Morgan fingerprint density at radius 2 is 2.17 bits per heavy atom. The number of aromatic nitrogens is 2. The Bertz CT molecular complexity index is 543. The van der Waals surface area contributed by atoms with E-state index in [2.05, 4.69) is 15.3 Å². The predicted molar refractivity (Wildman–Crippen MR) is 68.1 cm³/mol. The van der Waals surface area contributed by atoms with Crippen molar-refractivity contribution < 1.29 is 13.2 Å². The highest BCUT2D eigenvalue weighted by Crippen LogP contribution is 2.22. The minimum Gasteiger partial charge on any atom is -0.376 e. The van der Waals surface area contributed by atoms with Crippen LogP contribution in [0.2, 0.25) is 0 Å². The second-order valence-electron chi connectivity index (χ2n) is 4.32. The van der Waals surface area contributed by atoms with Gasteiger partial charge in [-0.15, -0.1) is 0 Å². The lowest BCUT2D eigenvalue weighted by atomic mass is 10.1. The van der Waals surface area contributed by atoms with Crippen molar-refractivity contribution in [3.63, 3.8) is 0 Å². The summed E-state index contributed by atoms with van der Waals surface area (Å²) >= 11 is 0. The van der Waals surface area contributed by atoms with Gasteiger partial charge in [0, 0.05) is 24.8 Å². The van der Waals surface area contributed by atoms with Crippen molar-refractivity contribution in [2.45, 2.75) is 25.7 Å². The zero-order chi connectivity index (χ0) is 13.2. The smallest absolute Gasteiger partial charge is 0.154 e. The van der Waals surface area contributed by atoms with E-state index >= 15 is 0 Å². The molecule has 0 aliphatic carbocycles. The monoisotopic (exact) mass is 271 g/mol. The first-order valence-electron chi connectivity index (χ1n) is 5.87. The number of ether oxygens (including phenoxy) is 1. The largest absolute Gasteiger partial charge is 0.376 e. The first kappa shape index (κ1) is 13.2.